The van der Waals surface area contributed by atoms with Gasteiger partial charge in [0.1, 0.15) is 5.76 Å². The standard InChI is InChI=1S/C22H29N3O3/c1-3-25(4-2)17-19-9-6-5-8-18(19)16-24-22(27)13-14-23-21(26)12-11-20-10-7-15-28-20/h5-12,15H,3-4,13-14,16-17H2,1-2H3,(H,23,26)(H,24,27)/b12-11+. The second-order valence-corrected chi connectivity index (χ2v) is 6.40. The van der Waals surface area contributed by atoms with E-state index in [1.165, 1.54) is 11.6 Å². The van der Waals surface area contributed by atoms with Gasteiger partial charge in [0.15, 0.2) is 0 Å². The molecule has 0 atom stereocenters. The molecule has 0 spiro atoms. The van der Waals surface area contributed by atoms with E-state index < -0.39 is 0 Å². The molecule has 0 radical (unpaired) electrons. The normalized spacial score (nSPS) is 11.1. The molecule has 1 heterocycles. The zero-order valence-electron chi connectivity index (χ0n) is 16.6. The molecular formula is C22H29N3O3. The van der Waals surface area contributed by atoms with E-state index >= 15 is 0 Å². The van der Waals surface area contributed by atoms with Crippen molar-refractivity contribution in [3.8, 4) is 0 Å². The molecule has 0 bridgehead atoms. The Labute approximate surface area is 166 Å². The largest absolute Gasteiger partial charge is 0.465 e. The van der Waals surface area contributed by atoms with E-state index in [2.05, 4.69) is 35.4 Å². The van der Waals surface area contributed by atoms with Crippen LogP contribution >= 0.6 is 0 Å². The highest BCUT2D eigenvalue weighted by Crippen LogP contribution is 2.11. The van der Waals surface area contributed by atoms with E-state index in [0.29, 0.717) is 12.3 Å². The van der Waals surface area contributed by atoms with Gasteiger partial charge in [-0.1, -0.05) is 38.1 Å². The van der Waals surface area contributed by atoms with E-state index in [0.717, 1.165) is 25.2 Å². The Morgan fingerprint density at radius 1 is 1.04 bits per heavy atom. The summed E-state index contributed by atoms with van der Waals surface area (Å²) in [6, 6.07) is 11.7. The summed E-state index contributed by atoms with van der Waals surface area (Å²) in [4.78, 5) is 26.1. The van der Waals surface area contributed by atoms with Gasteiger partial charge in [-0.3, -0.25) is 14.5 Å². The first-order chi connectivity index (χ1) is 13.6. The van der Waals surface area contributed by atoms with E-state index in [9.17, 15) is 9.59 Å². The predicted molar refractivity (Wildman–Crippen MR) is 110 cm³/mol. The van der Waals surface area contributed by atoms with Gasteiger partial charge < -0.3 is 15.1 Å². The van der Waals surface area contributed by atoms with Gasteiger partial charge in [-0.05, 0) is 42.4 Å². The Bertz CT molecular complexity index is 765. The lowest BCUT2D eigenvalue weighted by atomic mass is 10.1. The molecule has 0 aliphatic heterocycles. The second-order valence-electron chi connectivity index (χ2n) is 6.40. The number of nitrogens with zero attached hydrogens (tertiary/aromatic N) is 1. The minimum absolute atomic E-state index is 0.0899. The fourth-order valence-corrected chi connectivity index (χ4v) is 2.76. The molecule has 2 aromatic rings. The van der Waals surface area contributed by atoms with E-state index in [4.69, 9.17) is 4.42 Å². The van der Waals surface area contributed by atoms with Gasteiger partial charge in [-0.25, -0.2) is 0 Å². The Kier molecular flexibility index (Phi) is 9.01. The molecule has 28 heavy (non-hydrogen) atoms. The van der Waals surface area contributed by atoms with Crippen LogP contribution in [-0.2, 0) is 22.7 Å². The number of amides is 2. The molecule has 1 aromatic heterocycles. The molecule has 0 aliphatic carbocycles. The molecule has 150 valence electrons. The summed E-state index contributed by atoms with van der Waals surface area (Å²) in [5.41, 5.74) is 2.34. The van der Waals surface area contributed by atoms with Crippen molar-refractivity contribution in [2.24, 2.45) is 0 Å². The van der Waals surface area contributed by atoms with Crippen molar-refractivity contribution in [1.82, 2.24) is 15.5 Å². The molecular weight excluding hydrogens is 354 g/mol. The van der Waals surface area contributed by atoms with Crippen LogP contribution in [0.4, 0.5) is 0 Å². The molecule has 2 rings (SSSR count). The van der Waals surface area contributed by atoms with Gasteiger partial charge >= 0.3 is 0 Å². The molecule has 2 N–H and O–H groups in total. The van der Waals surface area contributed by atoms with E-state index in [1.54, 1.807) is 24.5 Å². The number of benzene rings is 1. The smallest absolute Gasteiger partial charge is 0.244 e. The average molecular weight is 383 g/mol. The van der Waals surface area contributed by atoms with Crippen LogP contribution in [0.2, 0.25) is 0 Å². The summed E-state index contributed by atoms with van der Waals surface area (Å²) in [5, 5.41) is 5.63. The minimum Gasteiger partial charge on any atom is -0.465 e. The van der Waals surface area contributed by atoms with Gasteiger partial charge in [-0.2, -0.15) is 0 Å². The molecule has 2 amide bonds. The van der Waals surface area contributed by atoms with E-state index in [1.807, 2.05) is 18.2 Å². The summed E-state index contributed by atoms with van der Waals surface area (Å²) in [5.74, 6) is 0.262. The molecule has 0 fully saturated rings. The lowest BCUT2D eigenvalue weighted by Crippen LogP contribution is -2.30. The van der Waals surface area contributed by atoms with Crippen LogP contribution in [0, 0.1) is 0 Å². The van der Waals surface area contributed by atoms with Crippen molar-refractivity contribution >= 4 is 17.9 Å². The van der Waals surface area contributed by atoms with Gasteiger partial charge in [0.05, 0.1) is 6.26 Å². The molecule has 0 saturated carbocycles. The van der Waals surface area contributed by atoms with Crippen LogP contribution in [0.3, 0.4) is 0 Å². The van der Waals surface area contributed by atoms with Crippen LogP contribution in [0.15, 0.2) is 53.2 Å². The third-order valence-electron chi connectivity index (χ3n) is 4.48. The fourth-order valence-electron chi connectivity index (χ4n) is 2.76. The van der Waals surface area contributed by atoms with Crippen LogP contribution in [0.5, 0.6) is 0 Å². The van der Waals surface area contributed by atoms with Crippen LogP contribution < -0.4 is 10.6 Å². The van der Waals surface area contributed by atoms with Gasteiger partial charge in [0, 0.05) is 32.1 Å². The Morgan fingerprint density at radius 3 is 2.46 bits per heavy atom. The number of hydrogen-bond acceptors (Lipinski definition) is 4. The zero-order chi connectivity index (χ0) is 20.2. The highest BCUT2D eigenvalue weighted by Gasteiger charge is 2.08. The molecule has 0 saturated heterocycles. The summed E-state index contributed by atoms with van der Waals surface area (Å²) in [7, 11) is 0. The fraction of sp³-hybridized carbons (Fsp3) is 0.364. The first kappa shape index (κ1) is 21.4. The third-order valence-corrected chi connectivity index (χ3v) is 4.48. The first-order valence-corrected chi connectivity index (χ1v) is 9.67. The Balaban J connectivity index is 1.73. The average Bonchev–Trinajstić information content (AvgIpc) is 3.23. The lowest BCUT2D eigenvalue weighted by molar-refractivity contribution is -0.121. The summed E-state index contributed by atoms with van der Waals surface area (Å²) in [6.45, 7) is 7.92. The van der Waals surface area contributed by atoms with Crippen LogP contribution in [0.25, 0.3) is 6.08 Å². The highest BCUT2D eigenvalue weighted by atomic mass is 16.3. The minimum atomic E-state index is -0.256. The maximum absolute atomic E-state index is 12.1. The van der Waals surface area contributed by atoms with Crippen molar-refractivity contribution in [1.29, 1.82) is 0 Å². The predicted octanol–water partition coefficient (Wildman–Crippen LogP) is 2.96. The summed E-state index contributed by atoms with van der Waals surface area (Å²) >= 11 is 0. The van der Waals surface area contributed by atoms with E-state index in [-0.39, 0.29) is 24.8 Å². The molecule has 6 nitrogen and oxygen atoms in total. The number of hydrogen-bond donors (Lipinski definition) is 2. The van der Waals surface area contributed by atoms with Gasteiger partial charge in [0.2, 0.25) is 11.8 Å². The molecule has 0 aliphatic rings. The number of furan rings is 1. The summed E-state index contributed by atoms with van der Waals surface area (Å²) < 4.78 is 5.11. The van der Waals surface area contributed by atoms with Crippen molar-refractivity contribution in [2.45, 2.75) is 33.4 Å². The lowest BCUT2D eigenvalue weighted by Gasteiger charge is -2.20. The van der Waals surface area contributed by atoms with Gasteiger partial charge in [0.25, 0.3) is 0 Å². The number of rotatable bonds is 11. The summed E-state index contributed by atoms with van der Waals surface area (Å²) in [6.07, 6.45) is 4.75. The maximum atomic E-state index is 12.1. The molecule has 1 aromatic carbocycles. The Morgan fingerprint density at radius 2 is 1.79 bits per heavy atom. The van der Waals surface area contributed by atoms with Crippen molar-refractivity contribution in [3.63, 3.8) is 0 Å². The topological polar surface area (TPSA) is 74.6 Å². The first-order valence-electron chi connectivity index (χ1n) is 9.67. The number of nitrogens with one attached hydrogen (secondary N) is 2. The molecule has 6 heteroatoms. The van der Waals surface area contributed by atoms with Crippen LogP contribution in [-0.4, -0.2) is 36.3 Å². The third kappa shape index (κ3) is 7.40. The monoisotopic (exact) mass is 383 g/mol. The van der Waals surface area contributed by atoms with Gasteiger partial charge in [-0.15, -0.1) is 0 Å². The SMILES string of the molecule is CCN(CC)Cc1ccccc1CNC(=O)CCNC(=O)/C=C/c1ccco1. The van der Waals surface area contributed by atoms with Crippen molar-refractivity contribution in [2.75, 3.05) is 19.6 Å². The molecule has 0 unspecified atom stereocenters. The van der Waals surface area contributed by atoms with Crippen LogP contribution in [0.1, 0.15) is 37.2 Å². The number of carbonyl (C=O) groups is 2. The van der Waals surface area contributed by atoms with Crippen molar-refractivity contribution in [3.05, 3.63) is 65.6 Å². The zero-order valence-corrected chi connectivity index (χ0v) is 16.6. The maximum Gasteiger partial charge on any atom is 0.244 e. The second kappa shape index (κ2) is 11.8. The number of carbonyl (C=O) groups excluding carboxylic acids is 2. The highest BCUT2D eigenvalue weighted by molar-refractivity contribution is 5.91. The quantitative estimate of drug-likeness (QED) is 0.585. The Hall–Kier alpha value is -2.86. The van der Waals surface area contributed by atoms with Crippen molar-refractivity contribution < 1.29 is 14.0 Å².